The third-order valence-electron chi connectivity index (χ3n) is 6.72. The predicted octanol–water partition coefficient (Wildman–Crippen LogP) is 4.67. The van der Waals surface area contributed by atoms with Crippen molar-refractivity contribution in [3.63, 3.8) is 0 Å². The van der Waals surface area contributed by atoms with Crippen molar-refractivity contribution in [2.45, 2.75) is 45.7 Å². The number of imidazole rings is 1. The Morgan fingerprint density at radius 3 is 2.85 bits per heavy atom. The van der Waals surface area contributed by atoms with Gasteiger partial charge in [-0.25, -0.2) is 9.37 Å². The molecule has 2 aliphatic rings. The predicted molar refractivity (Wildman–Crippen MR) is 122 cm³/mol. The van der Waals surface area contributed by atoms with Gasteiger partial charge in [0.2, 0.25) is 5.91 Å². The number of carbonyl (C=O) groups excluding carboxylic acids is 1. The van der Waals surface area contributed by atoms with Crippen molar-refractivity contribution >= 4 is 16.8 Å². The molecule has 2 aromatic carbocycles. The van der Waals surface area contributed by atoms with Crippen LogP contribution in [0.1, 0.15) is 43.1 Å². The lowest BCUT2D eigenvalue weighted by Gasteiger charge is -2.14. The standard InChI is InChI=1S/C25H24FN5O2/c1-2-14-9-22(32)18(26)10-17(14)15-5-6-16-19(8-15)29-30-24(16)25-27-20-11-31(12-21(20)28-25)23(33)7-13-3-4-13/h5-6,8-10,13,32H,2-4,7,11-12H2,1H3,(H,27,28)(H,29,30). The molecule has 7 nitrogen and oxygen atoms in total. The highest BCUT2D eigenvalue weighted by Gasteiger charge is 2.32. The minimum absolute atomic E-state index is 0.209. The molecule has 1 amide bonds. The van der Waals surface area contributed by atoms with E-state index in [0.29, 0.717) is 37.7 Å². The average Bonchev–Trinajstić information content (AvgIpc) is 3.19. The SMILES string of the molecule is CCc1cc(O)c(F)cc1-c1ccc2c(-c3nc4c([nH]3)CN(C(=O)CC3CC3)C4)n[nH]c2c1. The second-order valence-corrected chi connectivity index (χ2v) is 9.05. The van der Waals surface area contributed by atoms with E-state index >= 15 is 0 Å². The second kappa shape index (κ2) is 7.43. The summed E-state index contributed by atoms with van der Waals surface area (Å²) in [6.45, 7) is 3.07. The van der Waals surface area contributed by atoms with E-state index < -0.39 is 5.82 Å². The number of fused-ring (bicyclic) bond motifs is 2. The van der Waals surface area contributed by atoms with Crippen LogP contribution in [-0.2, 0) is 24.3 Å². The first kappa shape index (κ1) is 20.0. The summed E-state index contributed by atoms with van der Waals surface area (Å²) in [6.07, 6.45) is 3.66. The summed E-state index contributed by atoms with van der Waals surface area (Å²) < 4.78 is 14.0. The first-order valence-electron chi connectivity index (χ1n) is 11.4. The zero-order valence-corrected chi connectivity index (χ0v) is 18.3. The molecule has 3 heterocycles. The van der Waals surface area contributed by atoms with Gasteiger partial charge < -0.3 is 15.0 Å². The molecule has 0 saturated heterocycles. The first-order chi connectivity index (χ1) is 16.0. The zero-order valence-electron chi connectivity index (χ0n) is 18.3. The first-order valence-corrected chi connectivity index (χ1v) is 11.4. The molecule has 0 spiro atoms. The number of benzene rings is 2. The monoisotopic (exact) mass is 445 g/mol. The maximum absolute atomic E-state index is 14.0. The minimum atomic E-state index is -0.637. The Morgan fingerprint density at radius 1 is 1.24 bits per heavy atom. The second-order valence-electron chi connectivity index (χ2n) is 9.05. The van der Waals surface area contributed by atoms with Crippen molar-refractivity contribution in [3.8, 4) is 28.4 Å². The van der Waals surface area contributed by atoms with Gasteiger partial charge in [0.25, 0.3) is 0 Å². The number of phenols is 1. The summed E-state index contributed by atoms with van der Waals surface area (Å²) in [6, 6.07) is 8.68. The van der Waals surface area contributed by atoms with Gasteiger partial charge in [0, 0.05) is 11.8 Å². The van der Waals surface area contributed by atoms with Crippen molar-refractivity contribution < 1.29 is 14.3 Å². The molecule has 33 heavy (non-hydrogen) atoms. The van der Waals surface area contributed by atoms with Crippen LogP contribution in [0.2, 0.25) is 0 Å². The Labute approximate surface area is 189 Å². The maximum atomic E-state index is 14.0. The largest absolute Gasteiger partial charge is 0.505 e. The fourth-order valence-electron chi connectivity index (χ4n) is 4.66. The van der Waals surface area contributed by atoms with Gasteiger partial charge in [0.05, 0.1) is 30.0 Å². The number of H-pyrrole nitrogens is 2. The van der Waals surface area contributed by atoms with E-state index in [2.05, 4.69) is 15.2 Å². The topological polar surface area (TPSA) is 97.9 Å². The molecular formula is C25H24FN5O2. The van der Waals surface area contributed by atoms with E-state index in [4.69, 9.17) is 4.98 Å². The molecule has 1 saturated carbocycles. The molecule has 1 aliphatic carbocycles. The summed E-state index contributed by atoms with van der Waals surface area (Å²) in [5.74, 6) is 0.492. The van der Waals surface area contributed by atoms with Gasteiger partial charge in [-0.1, -0.05) is 13.0 Å². The van der Waals surface area contributed by atoms with E-state index in [1.54, 1.807) is 0 Å². The molecular weight excluding hydrogens is 421 g/mol. The summed E-state index contributed by atoms with van der Waals surface area (Å²) in [7, 11) is 0. The third-order valence-corrected chi connectivity index (χ3v) is 6.72. The van der Waals surface area contributed by atoms with Crippen LogP contribution >= 0.6 is 0 Å². The molecule has 2 aromatic heterocycles. The number of hydrogen-bond donors (Lipinski definition) is 3. The summed E-state index contributed by atoms with van der Waals surface area (Å²) >= 11 is 0. The highest BCUT2D eigenvalue weighted by Crippen LogP contribution is 2.36. The van der Waals surface area contributed by atoms with Gasteiger partial charge >= 0.3 is 0 Å². The molecule has 0 atom stereocenters. The van der Waals surface area contributed by atoms with Crippen molar-refractivity contribution in [3.05, 3.63) is 53.1 Å². The van der Waals surface area contributed by atoms with Gasteiger partial charge in [0.1, 0.15) is 5.69 Å². The Morgan fingerprint density at radius 2 is 2.09 bits per heavy atom. The van der Waals surface area contributed by atoms with E-state index in [1.807, 2.05) is 30.0 Å². The Kier molecular flexibility index (Phi) is 4.50. The van der Waals surface area contributed by atoms with Crippen molar-refractivity contribution in [2.24, 2.45) is 5.92 Å². The Balaban J connectivity index is 1.29. The van der Waals surface area contributed by atoms with E-state index in [0.717, 1.165) is 44.7 Å². The van der Waals surface area contributed by atoms with E-state index in [-0.39, 0.29) is 11.7 Å². The number of aromatic amines is 2. The number of aromatic nitrogens is 4. The molecule has 0 radical (unpaired) electrons. The molecule has 0 unspecified atom stereocenters. The average molecular weight is 445 g/mol. The Hall–Kier alpha value is -3.68. The lowest BCUT2D eigenvalue weighted by Crippen LogP contribution is -2.25. The molecule has 6 rings (SSSR count). The van der Waals surface area contributed by atoms with Gasteiger partial charge in [-0.15, -0.1) is 0 Å². The lowest BCUT2D eigenvalue weighted by atomic mass is 9.96. The van der Waals surface area contributed by atoms with Crippen LogP contribution in [0.5, 0.6) is 5.75 Å². The van der Waals surface area contributed by atoms with Gasteiger partial charge in [0.15, 0.2) is 17.4 Å². The number of carbonyl (C=O) groups is 1. The van der Waals surface area contributed by atoms with Gasteiger partial charge in [-0.2, -0.15) is 5.10 Å². The van der Waals surface area contributed by atoms with Crippen LogP contribution in [0.15, 0.2) is 30.3 Å². The number of rotatable bonds is 5. The van der Waals surface area contributed by atoms with Crippen LogP contribution in [0.3, 0.4) is 0 Å². The van der Waals surface area contributed by atoms with Crippen LogP contribution in [0, 0.1) is 11.7 Å². The van der Waals surface area contributed by atoms with Crippen molar-refractivity contribution in [1.29, 1.82) is 0 Å². The molecule has 8 heteroatoms. The summed E-state index contributed by atoms with van der Waals surface area (Å²) in [5, 5.41) is 18.2. The normalized spacial score (nSPS) is 15.4. The van der Waals surface area contributed by atoms with Crippen LogP contribution < -0.4 is 0 Å². The Bertz CT molecular complexity index is 1380. The highest BCUT2D eigenvalue weighted by molar-refractivity contribution is 5.94. The number of halogens is 1. The number of nitrogens with one attached hydrogen (secondary N) is 2. The number of aromatic hydroxyl groups is 1. The number of amides is 1. The summed E-state index contributed by atoms with van der Waals surface area (Å²) in [4.78, 5) is 22.4. The number of aryl methyl sites for hydroxylation is 1. The van der Waals surface area contributed by atoms with E-state index in [9.17, 15) is 14.3 Å². The molecule has 3 N–H and O–H groups in total. The quantitative estimate of drug-likeness (QED) is 0.416. The van der Waals surface area contributed by atoms with Crippen LogP contribution in [0.4, 0.5) is 4.39 Å². The zero-order chi connectivity index (χ0) is 22.7. The van der Waals surface area contributed by atoms with Gasteiger partial charge in [-0.3, -0.25) is 9.89 Å². The number of nitrogens with zero attached hydrogens (tertiary/aromatic N) is 3. The van der Waals surface area contributed by atoms with Crippen molar-refractivity contribution in [1.82, 2.24) is 25.1 Å². The fraction of sp³-hybridized carbons (Fsp3) is 0.320. The molecule has 1 aliphatic heterocycles. The summed E-state index contributed by atoms with van der Waals surface area (Å²) in [5.41, 5.74) is 5.86. The molecule has 0 bridgehead atoms. The fourth-order valence-corrected chi connectivity index (χ4v) is 4.66. The highest BCUT2D eigenvalue weighted by atomic mass is 19.1. The minimum Gasteiger partial charge on any atom is -0.505 e. The van der Waals surface area contributed by atoms with Crippen LogP contribution in [0.25, 0.3) is 33.5 Å². The third kappa shape index (κ3) is 3.46. The lowest BCUT2D eigenvalue weighted by molar-refractivity contribution is -0.132. The van der Waals surface area contributed by atoms with Crippen molar-refractivity contribution in [2.75, 3.05) is 0 Å². The smallest absolute Gasteiger partial charge is 0.223 e. The number of phenolic OH excluding ortho intramolecular Hbond substituents is 1. The molecule has 4 aromatic rings. The number of hydrogen-bond acceptors (Lipinski definition) is 4. The molecule has 1 fully saturated rings. The maximum Gasteiger partial charge on any atom is 0.223 e. The van der Waals surface area contributed by atoms with Crippen LogP contribution in [-0.4, -0.2) is 36.1 Å². The van der Waals surface area contributed by atoms with Gasteiger partial charge in [-0.05, 0) is 66.1 Å². The molecule has 168 valence electrons. The van der Waals surface area contributed by atoms with E-state index in [1.165, 1.54) is 25.0 Å².